The molecule has 2 rings (SSSR count). The number of nitrogens with zero attached hydrogens (tertiary/aromatic N) is 1. The number of aromatic hydroxyl groups is 1. The summed E-state index contributed by atoms with van der Waals surface area (Å²) in [6.45, 7) is 1.99. The summed E-state index contributed by atoms with van der Waals surface area (Å²) in [7, 11) is 0. The Bertz CT molecular complexity index is 609. The van der Waals surface area contributed by atoms with Crippen molar-refractivity contribution in [3.8, 4) is 5.75 Å². The minimum atomic E-state index is -0.0162. The number of aryl methyl sites for hydroxylation is 1. The number of phenolic OH excluding ortho intramolecular Hbond substituents is 1. The monoisotopic (exact) mass is 279 g/mol. The van der Waals surface area contributed by atoms with Crippen LogP contribution in [0, 0.1) is 6.92 Å². The number of hydrogen-bond donors (Lipinski definition) is 1. The van der Waals surface area contributed by atoms with Gasteiger partial charge < -0.3 is 5.11 Å². The molecule has 0 spiro atoms. The van der Waals surface area contributed by atoms with Gasteiger partial charge in [0.1, 0.15) is 5.75 Å². The molecule has 1 N–H and O–H groups in total. The van der Waals surface area contributed by atoms with E-state index in [1.54, 1.807) is 12.3 Å². The Morgan fingerprint density at radius 1 is 1.17 bits per heavy atom. The molecule has 0 amide bonds. The summed E-state index contributed by atoms with van der Waals surface area (Å²) in [5, 5.41) is 10.5. The van der Waals surface area contributed by atoms with Gasteiger partial charge in [-0.1, -0.05) is 35.3 Å². The van der Waals surface area contributed by atoms with Gasteiger partial charge in [0.15, 0.2) is 0 Å². The fourth-order valence-corrected chi connectivity index (χ4v) is 2.05. The van der Waals surface area contributed by atoms with Gasteiger partial charge in [0.2, 0.25) is 0 Å². The van der Waals surface area contributed by atoms with Crippen molar-refractivity contribution in [2.45, 2.75) is 6.92 Å². The molecule has 92 valence electrons. The van der Waals surface area contributed by atoms with Gasteiger partial charge >= 0.3 is 0 Å². The second-order valence-corrected chi connectivity index (χ2v) is 4.77. The zero-order valence-electron chi connectivity index (χ0n) is 9.69. The topological polar surface area (TPSA) is 32.6 Å². The maximum Gasteiger partial charge on any atom is 0.143 e. The maximum atomic E-state index is 9.77. The Labute approximate surface area is 116 Å². The fourth-order valence-electron chi connectivity index (χ4n) is 1.54. The van der Waals surface area contributed by atoms with Crippen LogP contribution in [0.15, 0.2) is 41.4 Å². The minimum Gasteiger partial charge on any atom is -0.506 e. The summed E-state index contributed by atoms with van der Waals surface area (Å²) in [5.74, 6) is -0.0162. The van der Waals surface area contributed by atoms with E-state index in [1.165, 1.54) is 6.07 Å². The summed E-state index contributed by atoms with van der Waals surface area (Å²) in [6.07, 6.45) is 1.54. The molecule has 2 aromatic carbocycles. The van der Waals surface area contributed by atoms with E-state index in [9.17, 15) is 5.11 Å². The van der Waals surface area contributed by atoms with Gasteiger partial charge in [0.25, 0.3) is 0 Å². The Balaban J connectivity index is 2.34. The predicted octanol–water partition coefficient (Wildman–Crippen LogP) is 4.76. The molecule has 2 nitrogen and oxygen atoms in total. The van der Waals surface area contributed by atoms with Crippen LogP contribution in [0.4, 0.5) is 5.69 Å². The van der Waals surface area contributed by atoms with Gasteiger partial charge in [-0.3, -0.25) is 4.99 Å². The Kier molecular flexibility index (Phi) is 3.90. The average Bonchev–Trinajstić information content (AvgIpc) is 2.32. The molecule has 0 bridgehead atoms. The van der Waals surface area contributed by atoms with Crippen molar-refractivity contribution in [1.29, 1.82) is 0 Å². The highest BCUT2D eigenvalue weighted by atomic mass is 35.5. The van der Waals surface area contributed by atoms with E-state index >= 15 is 0 Å². The fraction of sp³-hybridized carbons (Fsp3) is 0.0714. The third-order valence-electron chi connectivity index (χ3n) is 2.41. The van der Waals surface area contributed by atoms with Gasteiger partial charge in [0.05, 0.1) is 10.7 Å². The quantitative estimate of drug-likeness (QED) is 0.790. The highest BCUT2D eigenvalue weighted by Crippen LogP contribution is 2.30. The zero-order valence-corrected chi connectivity index (χ0v) is 11.2. The van der Waals surface area contributed by atoms with Crippen molar-refractivity contribution in [2.24, 2.45) is 4.99 Å². The summed E-state index contributed by atoms with van der Waals surface area (Å²) in [5.41, 5.74) is 2.43. The largest absolute Gasteiger partial charge is 0.506 e. The van der Waals surface area contributed by atoms with E-state index in [0.717, 1.165) is 11.3 Å². The first-order valence-electron chi connectivity index (χ1n) is 5.35. The minimum absolute atomic E-state index is 0.0162. The molecule has 0 saturated heterocycles. The van der Waals surface area contributed by atoms with Crippen molar-refractivity contribution >= 4 is 35.1 Å². The molecule has 0 unspecified atom stereocenters. The molecule has 0 atom stereocenters. The summed E-state index contributed by atoms with van der Waals surface area (Å²) >= 11 is 11.7. The molecule has 0 radical (unpaired) electrons. The van der Waals surface area contributed by atoms with E-state index < -0.39 is 0 Å². The molecule has 18 heavy (non-hydrogen) atoms. The molecule has 0 aliphatic carbocycles. The Morgan fingerprint density at radius 2 is 1.94 bits per heavy atom. The number of aliphatic imine (C=N–C) groups is 1. The van der Waals surface area contributed by atoms with E-state index in [2.05, 4.69) is 4.99 Å². The van der Waals surface area contributed by atoms with Gasteiger partial charge in [-0.05, 0) is 36.8 Å². The van der Waals surface area contributed by atoms with E-state index in [-0.39, 0.29) is 10.8 Å². The van der Waals surface area contributed by atoms with E-state index in [1.807, 2.05) is 31.2 Å². The molecular weight excluding hydrogens is 269 g/mol. The lowest BCUT2D eigenvalue weighted by atomic mass is 10.2. The van der Waals surface area contributed by atoms with Gasteiger partial charge in [-0.25, -0.2) is 0 Å². The van der Waals surface area contributed by atoms with Crippen LogP contribution in [-0.4, -0.2) is 11.3 Å². The summed E-state index contributed by atoms with van der Waals surface area (Å²) in [6, 6.07) is 10.8. The third kappa shape index (κ3) is 3.03. The van der Waals surface area contributed by atoms with Crippen LogP contribution < -0.4 is 0 Å². The first kappa shape index (κ1) is 12.9. The molecule has 4 heteroatoms. The third-order valence-corrected chi connectivity index (χ3v) is 2.92. The maximum absolute atomic E-state index is 9.77. The lowest BCUT2D eigenvalue weighted by molar-refractivity contribution is 0.475. The summed E-state index contributed by atoms with van der Waals surface area (Å²) < 4.78 is 0. The molecule has 0 heterocycles. The van der Waals surface area contributed by atoms with Gasteiger partial charge in [-0.2, -0.15) is 0 Å². The zero-order chi connectivity index (χ0) is 13.1. The molecule has 2 aromatic rings. The standard InChI is InChI=1S/C14H11Cl2NO/c1-9-3-2-4-12(5-9)17-8-10-6-11(15)7-13(16)14(10)18/h2-8,18H,1H3. The number of halogens is 2. The van der Waals surface area contributed by atoms with Crippen molar-refractivity contribution < 1.29 is 5.11 Å². The second-order valence-electron chi connectivity index (χ2n) is 3.92. The van der Waals surface area contributed by atoms with Crippen LogP contribution in [0.2, 0.25) is 10.0 Å². The smallest absolute Gasteiger partial charge is 0.143 e. The van der Waals surface area contributed by atoms with Gasteiger partial charge in [-0.15, -0.1) is 0 Å². The average molecular weight is 280 g/mol. The molecule has 0 aliphatic rings. The van der Waals surface area contributed by atoms with E-state index in [4.69, 9.17) is 23.2 Å². The second kappa shape index (κ2) is 5.42. The van der Waals surface area contributed by atoms with Crippen LogP contribution in [0.3, 0.4) is 0 Å². The van der Waals surface area contributed by atoms with Crippen LogP contribution in [-0.2, 0) is 0 Å². The Morgan fingerprint density at radius 3 is 2.67 bits per heavy atom. The van der Waals surface area contributed by atoms with E-state index in [0.29, 0.717) is 10.6 Å². The van der Waals surface area contributed by atoms with Crippen LogP contribution in [0.1, 0.15) is 11.1 Å². The number of rotatable bonds is 2. The number of phenols is 1. The van der Waals surface area contributed by atoms with Crippen LogP contribution in [0.5, 0.6) is 5.75 Å². The van der Waals surface area contributed by atoms with Gasteiger partial charge in [0, 0.05) is 16.8 Å². The lowest BCUT2D eigenvalue weighted by Crippen LogP contribution is -1.84. The van der Waals surface area contributed by atoms with Crippen molar-refractivity contribution in [2.75, 3.05) is 0 Å². The first-order chi connectivity index (χ1) is 8.56. The lowest BCUT2D eigenvalue weighted by Gasteiger charge is -2.02. The first-order valence-corrected chi connectivity index (χ1v) is 6.10. The Hall–Kier alpha value is -1.51. The number of hydrogen-bond acceptors (Lipinski definition) is 2. The SMILES string of the molecule is Cc1cccc(N=Cc2cc(Cl)cc(Cl)c2O)c1. The molecule has 0 saturated carbocycles. The summed E-state index contributed by atoms with van der Waals surface area (Å²) in [4.78, 5) is 4.28. The van der Waals surface area contributed by atoms with Crippen molar-refractivity contribution in [3.05, 3.63) is 57.6 Å². The van der Waals surface area contributed by atoms with Crippen molar-refractivity contribution in [1.82, 2.24) is 0 Å². The molecule has 0 fully saturated rings. The predicted molar refractivity (Wildman–Crippen MR) is 76.6 cm³/mol. The van der Waals surface area contributed by atoms with Crippen LogP contribution >= 0.6 is 23.2 Å². The highest BCUT2D eigenvalue weighted by molar-refractivity contribution is 6.36. The molecular formula is C14H11Cl2NO. The number of benzene rings is 2. The van der Waals surface area contributed by atoms with Crippen molar-refractivity contribution in [3.63, 3.8) is 0 Å². The molecule has 0 aliphatic heterocycles. The van der Waals surface area contributed by atoms with Crippen LogP contribution in [0.25, 0.3) is 0 Å². The normalized spacial score (nSPS) is 11.1. The highest BCUT2D eigenvalue weighted by Gasteiger charge is 2.05. The molecule has 0 aromatic heterocycles.